The summed E-state index contributed by atoms with van der Waals surface area (Å²) in [5.74, 6) is 0.590. The van der Waals surface area contributed by atoms with Crippen molar-refractivity contribution in [3.8, 4) is 11.5 Å². The third-order valence-electron chi connectivity index (χ3n) is 5.02. The lowest BCUT2D eigenvalue weighted by molar-refractivity contribution is 0.0917. The van der Waals surface area contributed by atoms with Crippen molar-refractivity contribution < 1.29 is 23.4 Å². The van der Waals surface area contributed by atoms with Crippen molar-refractivity contribution in [3.05, 3.63) is 47.8 Å². The zero-order valence-electron chi connectivity index (χ0n) is 17.6. The Hall–Kier alpha value is -2.71. The molecule has 8 heteroatoms. The van der Waals surface area contributed by atoms with Crippen LogP contribution in [-0.2, 0) is 4.74 Å². The van der Waals surface area contributed by atoms with Crippen LogP contribution in [0.2, 0.25) is 0 Å². The minimum atomic E-state index is -0.326. The van der Waals surface area contributed by atoms with Crippen molar-refractivity contribution in [3.63, 3.8) is 0 Å². The number of carbonyl (C=O) groups excluding carboxylic acids is 1. The number of hydrogen-bond donors (Lipinski definition) is 0. The maximum Gasteiger partial charge on any atom is 0.260 e. The van der Waals surface area contributed by atoms with Crippen molar-refractivity contribution in [2.45, 2.75) is 32.8 Å². The third kappa shape index (κ3) is 4.80. The molecule has 1 fully saturated rings. The largest absolute Gasteiger partial charge is 0.490 e. The highest BCUT2D eigenvalue weighted by molar-refractivity contribution is 7.22. The van der Waals surface area contributed by atoms with Gasteiger partial charge in [0, 0.05) is 12.2 Å². The molecule has 1 unspecified atom stereocenters. The number of fused-ring (bicyclic) bond motifs is 1. The molecule has 0 spiro atoms. The molecule has 0 N–H and O–H groups in total. The Bertz CT molecular complexity index is 1060. The van der Waals surface area contributed by atoms with Crippen molar-refractivity contribution in [1.29, 1.82) is 0 Å². The molecule has 0 bridgehead atoms. The second-order valence-corrected chi connectivity index (χ2v) is 8.20. The fourth-order valence-electron chi connectivity index (χ4n) is 3.58. The van der Waals surface area contributed by atoms with Crippen LogP contribution in [-0.4, -0.2) is 43.4 Å². The number of nitrogens with zero attached hydrogens (tertiary/aromatic N) is 2. The first kappa shape index (κ1) is 21.5. The fourth-order valence-corrected chi connectivity index (χ4v) is 4.58. The van der Waals surface area contributed by atoms with E-state index >= 15 is 0 Å². The molecule has 1 atom stereocenters. The summed E-state index contributed by atoms with van der Waals surface area (Å²) in [6.45, 7) is 5.82. The van der Waals surface area contributed by atoms with Gasteiger partial charge in [-0.3, -0.25) is 9.69 Å². The van der Waals surface area contributed by atoms with E-state index in [9.17, 15) is 9.18 Å². The Kier molecular flexibility index (Phi) is 6.67. The van der Waals surface area contributed by atoms with Crippen molar-refractivity contribution in [2.24, 2.45) is 0 Å². The molecule has 1 amide bonds. The minimum Gasteiger partial charge on any atom is -0.490 e. The molecular weight excluding hydrogens is 419 g/mol. The number of ether oxygens (including phenoxy) is 3. The molecule has 1 aliphatic heterocycles. The third-order valence-corrected chi connectivity index (χ3v) is 6.06. The first-order valence-electron chi connectivity index (χ1n) is 10.5. The summed E-state index contributed by atoms with van der Waals surface area (Å²) in [6, 6.07) is 9.62. The summed E-state index contributed by atoms with van der Waals surface area (Å²) in [5, 5.41) is 0.521. The van der Waals surface area contributed by atoms with Crippen molar-refractivity contribution in [2.75, 3.05) is 31.3 Å². The Labute approximate surface area is 184 Å². The molecule has 2 heterocycles. The van der Waals surface area contributed by atoms with Crippen molar-refractivity contribution in [1.82, 2.24) is 4.98 Å². The number of anilines is 1. The lowest BCUT2D eigenvalue weighted by Crippen LogP contribution is -2.37. The van der Waals surface area contributed by atoms with Crippen LogP contribution >= 0.6 is 11.3 Å². The van der Waals surface area contributed by atoms with Crippen LogP contribution in [0, 0.1) is 5.82 Å². The Morgan fingerprint density at radius 3 is 2.74 bits per heavy atom. The smallest absolute Gasteiger partial charge is 0.260 e. The van der Waals surface area contributed by atoms with Crippen LogP contribution in [0.4, 0.5) is 9.52 Å². The molecule has 0 radical (unpaired) electrons. The maximum atomic E-state index is 13.7. The highest BCUT2D eigenvalue weighted by Crippen LogP contribution is 2.33. The Morgan fingerprint density at radius 2 is 2.00 bits per heavy atom. The van der Waals surface area contributed by atoms with E-state index < -0.39 is 0 Å². The molecule has 4 rings (SSSR count). The molecule has 6 nitrogen and oxygen atoms in total. The van der Waals surface area contributed by atoms with Crippen molar-refractivity contribution >= 4 is 32.6 Å². The molecule has 2 aromatic carbocycles. The predicted molar refractivity (Wildman–Crippen MR) is 119 cm³/mol. The average Bonchev–Trinajstić information content (AvgIpc) is 3.42. The molecule has 31 heavy (non-hydrogen) atoms. The monoisotopic (exact) mass is 444 g/mol. The number of hydrogen-bond acceptors (Lipinski definition) is 6. The predicted octanol–water partition coefficient (Wildman–Crippen LogP) is 5.06. The van der Waals surface area contributed by atoms with Gasteiger partial charge in [0.05, 0.1) is 36.1 Å². The SMILES string of the molecule is CCOc1ccc(C(=O)N(CC2CCCO2)c2nc3ccc(F)cc3s2)cc1OCC. The Morgan fingerprint density at radius 1 is 1.19 bits per heavy atom. The summed E-state index contributed by atoms with van der Waals surface area (Å²) in [5.41, 5.74) is 1.13. The molecule has 1 aliphatic rings. The summed E-state index contributed by atoms with van der Waals surface area (Å²) < 4.78 is 31.4. The van der Waals surface area contributed by atoms with E-state index in [0.29, 0.717) is 58.8 Å². The topological polar surface area (TPSA) is 60.9 Å². The quantitative estimate of drug-likeness (QED) is 0.486. The van der Waals surface area contributed by atoms with Crippen LogP contribution in [0.15, 0.2) is 36.4 Å². The van der Waals surface area contributed by atoms with Crippen LogP contribution in [0.5, 0.6) is 11.5 Å². The Balaban J connectivity index is 1.70. The van der Waals surface area contributed by atoms with Gasteiger partial charge in [0.2, 0.25) is 0 Å². The number of carbonyl (C=O) groups is 1. The number of rotatable bonds is 8. The van der Waals surface area contributed by atoms with E-state index in [1.54, 1.807) is 29.2 Å². The minimum absolute atomic E-state index is 0.0539. The van der Waals surface area contributed by atoms with Gasteiger partial charge in [-0.2, -0.15) is 0 Å². The van der Waals surface area contributed by atoms with Crippen LogP contribution in [0.3, 0.4) is 0 Å². The van der Waals surface area contributed by atoms with E-state index in [0.717, 1.165) is 12.8 Å². The average molecular weight is 445 g/mol. The first-order chi connectivity index (χ1) is 15.1. The second-order valence-electron chi connectivity index (χ2n) is 7.19. The zero-order valence-corrected chi connectivity index (χ0v) is 18.4. The summed E-state index contributed by atoms with van der Waals surface area (Å²) >= 11 is 1.29. The van der Waals surface area contributed by atoms with Crippen LogP contribution in [0.1, 0.15) is 37.0 Å². The molecule has 1 aromatic heterocycles. The van der Waals surface area contributed by atoms with Gasteiger partial charge in [-0.25, -0.2) is 9.37 Å². The maximum absolute atomic E-state index is 13.7. The second kappa shape index (κ2) is 9.62. The molecule has 164 valence electrons. The number of aromatic nitrogens is 1. The fraction of sp³-hybridized carbons (Fsp3) is 0.391. The lowest BCUT2D eigenvalue weighted by Gasteiger charge is -2.23. The van der Waals surface area contributed by atoms with Gasteiger partial charge >= 0.3 is 0 Å². The molecule has 3 aromatic rings. The number of thiazole rings is 1. The number of halogens is 1. The van der Waals surface area contributed by atoms with E-state index in [-0.39, 0.29) is 17.8 Å². The van der Waals surface area contributed by atoms with E-state index in [4.69, 9.17) is 14.2 Å². The van der Waals surface area contributed by atoms with Gasteiger partial charge in [-0.05, 0) is 63.1 Å². The van der Waals surface area contributed by atoms with E-state index in [2.05, 4.69) is 4.98 Å². The summed E-state index contributed by atoms with van der Waals surface area (Å²) in [7, 11) is 0. The van der Waals surface area contributed by atoms with E-state index in [1.807, 2.05) is 13.8 Å². The molecule has 1 saturated heterocycles. The van der Waals surface area contributed by atoms with E-state index in [1.165, 1.54) is 23.5 Å². The first-order valence-corrected chi connectivity index (χ1v) is 11.3. The highest BCUT2D eigenvalue weighted by atomic mass is 32.1. The number of amides is 1. The van der Waals surface area contributed by atoms with Gasteiger partial charge in [0.25, 0.3) is 5.91 Å². The summed E-state index contributed by atoms with van der Waals surface area (Å²) in [4.78, 5) is 19.8. The van der Waals surface area contributed by atoms with Crippen LogP contribution < -0.4 is 14.4 Å². The number of benzene rings is 2. The standard InChI is InChI=1S/C23H25FN2O4S/c1-3-28-19-10-7-15(12-20(19)29-4-2)22(27)26(14-17-6-5-11-30-17)23-25-18-9-8-16(24)13-21(18)31-23/h7-10,12-13,17H,3-6,11,14H2,1-2H3. The highest BCUT2D eigenvalue weighted by Gasteiger charge is 2.27. The van der Waals surface area contributed by atoms with Crippen LogP contribution in [0.25, 0.3) is 10.2 Å². The van der Waals surface area contributed by atoms with Gasteiger partial charge in [-0.15, -0.1) is 0 Å². The zero-order chi connectivity index (χ0) is 21.8. The molecule has 0 saturated carbocycles. The van der Waals surface area contributed by atoms with Gasteiger partial charge < -0.3 is 14.2 Å². The van der Waals surface area contributed by atoms with Gasteiger partial charge in [0.1, 0.15) is 5.82 Å². The van der Waals surface area contributed by atoms with Gasteiger partial charge in [0.15, 0.2) is 16.6 Å². The van der Waals surface area contributed by atoms with Gasteiger partial charge in [-0.1, -0.05) is 11.3 Å². The molecule has 0 aliphatic carbocycles. The normalized spacial score (nSPS) is 15.9. The molecular formula is C23H25FN2O4S. The lowest BCUT2D eigenvalue weighted by atomic mass is 10.1. The summed E-state index contributed by atoms with van der Waals surface area (Å²) in [6.07, 6.45) is 1.80.